The molecule has 1 saturated heterocycles. The van der Waals surface area contributed by atoms with Gasteiger partial charge in [0.25, 0.3) is 5.56 Å². The van der Waals surface area contributed by atoms with Gasteiger partial charge in [-0.05, 0) is 54.6 Å². The number of rotatable bonds is 5. The van der Waals surface area contributed by atoms with E-state index in [1.54, 1.807) is 4.68 Å². The number of nitrogens with zero attached hydrogens (tertiary/aromatic N) is 3. The summed E-state index contributed by atoms with van der Waals surface area (Å²) in [6, 6.07) is 0.455. The standard InChI is InChI=1S/C14H21BrN4O/c1-16-7-11-3-2-6-18(11)12-8-17-19(9-10-4-5-10)14(20)13(12)15/h8,10-11,16H,2-7,9H2,1H3. The van der Waals surface area contributed by atoms with Crippen LogP contribution < -0.4 is 15.8 Å². The van der Waals surface area contributed by atoms with E-state index in [0.29, 0.717) is 16.4 Å². The molecule has 1 atom stereocenters. The van der Waals surface area contributed by atoms with E-state index in [9.17, 15) is 4.79 Å². The summed E-state index contributed by atoms with van der Waals surface area (Å²) in [6.45, 7) is 2.70. The van der Waals surface area contributed by atoms with Crippen LogP contribution >= 0.6 is 15.9 Å². The topological polar surface area (TPSA) is 50.2 Å². The Morgan fingerprint density at radius 1 is 1.45 bits per heavy atom. The predicted octanol–water partition coefficient (Wildman–Crippen LogP) is 1.60. The second-order valence-electron chi connectivity index (χ2n) is 5.82. The fourth-order valence-electron chi connectivity index (χ4n) is 2.93. The van der Waals surface area contributed by atoms with Crippen molar-refractivity contribution in [2.24, 2.45) is 5.92 Å². The van der Waals surface area contributed by atoms with Gasteiger partial charge in [-0.2, -0.15) is 5.10 Å². The Kier molecular flexibility index (Phi) is 4.12. The van der Waals surface area contributed by atoms with E-state index in [-0.39, 0.29) is 5.56 Å². The van der Waals surface area contributed by atoms with Crippen molar-refractivity contribution in [3.05, 3.63) is 21.0 Å². The minimum atomic E-state index is 0.00417. The number of hydrogen-bond donors (Lipinski definition) is 1. The lowest BCUT2D eigenvalue weighted by Gasteiger charge is -2.27. The van der Waals surface area contributed by atoms with Gasteiger partial charge in [-0.15, -0.1) is 0 Å². The highest BCUT2D eigenvalue weighted by Crippen LogP contribution is 2.31. The third-order valence-electron chi connectivity index (χ3n) is 4.22. The highest BCUT2D eigenvalue weighted by Gasteiger charge is 2.28. The van der Waals surface area contributed by atoms with E-state index in [2.05, 4.69) is 31.2 Å². The van der Waals surface area contributed by atoms with E-state index >= 15 is 0 Å². The lowest BCUT2D eigenvalue weighted by molar-refractivity contribution is 0.529. The summed E-state index contributed by atoms with van der Waals surface area (Å²) in [7, 11) is 1.97. The van der Waals surface area contributed by atoms with Crippen LogP contribution in [0.3, 0.4) is 0 Å². The first kappa shape index (κ1) is 14.1. The zero-order chi connectivity index (χ0) is 14.1. The van der Waals surface area contributed by atoms with Crippen molar-refractivity contribution in [1.82, 2.24) is 15.1 Å². The van der Waals surface area contributed by atoms with Crippen LogP contribution in [-0.4, -0.2) is 36.0 Å². The predicted molar refractivity (Wildman–Crippen MR) is 83.2 cm³/mol. The average Bonchev–Trinajstić information content (AvgIpc) is 3.14. The summed E-state index contributed by atoms with van der Waals surface area (Å²) < 4.78 is 2.27. The molecule has 1 aromatic heterocycles. The van der Waals surface area contributed by atoms with Gasteiger partial charge in [0.05, 0.1) is 11.9 Å². The molecule has 0 aromatic carbocycles. The molecule has 0 bridgehead atoms. The van der Waals surface area contributed by atoms with Gasteiger partial charge in [0.2, 0.25) is 0 Å². The minimum absolute atomic E-state index is 0.00417. The first-order valence-corrected chi connectivity index (χ1v) is 8.17. The van der Waals surface area contributed by atoms with Gasteiger partial charge >= 0.3 is 0 Å². The Bertz CT molecular complexity index is 540. The number of likely N-dealkylation sites (N-methyl/N-ethyl adjacent to an activating group) is 1. The van der Waals surface area contributed by atoms with E-state index in [1.807, 2.05) is 13.2 Å². The smallest absolute Gasteiger partial charge is 0.283 e. The maximum Gasteiger partial charge on any atom is 0.283 e. The van der Waals surface area contributed by atoms with Crippen molar-refractivity contribution < 1.29 is 0 Å². The molecule has 20 heavy (non-hydrogen) atoms. The summed E-state index contributed by atoms with van der Waals surface area (Å²) in [5.41, 5.74) is 0.948. The molecule has 1 saturated carbocycles. The number of anilines is 1. The molecule has 5 nitrogen and oxygen atoms in total. The fourth-order valence-corrected chi connectivity index (χ4v) is 3.47. The zero-order valence-corrected chi connectivity index (χ0v) is 13.4. The van der Waals surface area contributed by atoms with Gasteiger partial charge in [0, 0.05) is 25.7 Å². The molecule has 2 fully saturated rings. The zero-order valence-electron chi connectivity index (χ0n) is 11.8. The van der Waals surface area contributed by atoms with Crippen LogP contribution in [0.4, 0.5) is 5.69 Å². The number of nitrogens with one attached hydrogen (secondary N) is 1. The molecule has 1 unspecified atom stereocenters. The van der Waals surface area contributed by atoms with Gasteiger partial charge in [0.15, 0.2) is 0 Å². The molecule has 110 valence electrons. The molecular formula is C14H21BrN4O. The van der Waals surface area contributed by atoms with Crippen molar-refractivity contribution in [3.63, 3.8) is 0 Å². The van der Waals surface area contributed by atoms with Crippen LogP contribution in [0, 0.1) is 5.92 Å². The highest BCUT2D eigenvalue weighted by molar-refractivity contribution is 9.10. The third-order valence-corrected chi connectivity index (χ3v) is 4.97. The molecule has 1 N–H and O–H groups in total. The van der Waals surface area contributed by atoms with Gasteiger partial charge in [-0.1, -0.05) is 0 Å². The highest BCUT2D eigenvalue weighted by atomic mass is 79.9. The number of aromatic nitrogens is 2. The SMILES string of the molecule is CNCC1CCCN1c1cnn(CC2CC2)c(=O)c1Br. The molecule has 1 aliphatic carbocycles. The van der Waals surface area contributed by atoms with Crippen molar-refractivity contribution in [2.75, 3.05) is 25.0 Å². The number of hydrogen-bond acceptors (Lipinski definition) is 4. The Balaban J connectivity index is 1.86. The first-order valence-electron chi connectivity index (χ1n) is 7.37. The summed E-state index contributed by atoms with van der Waals surface area (Å²) in [5, 5.41) is 7.60. The Morgan fingerprint density at radius 3 is 2.95 bits per heavy atom. The molecule has 0 radical (unpaired) electrons. The maximum absolute atomic E-state index is 12.4. The van der Waals surface area contributed by atoms with Crippen molar-refractivity contribution >= 4 is 21.6 Å². The summed E-state index contributed by atoms with van der Waals surface area (Å²) in [4.78, 5) is 14.7. The van der Waals surface area contributed by atoms with Crippen LogP contribution in [0.2, 0.25) is 0 Å². The fraction of sp³-hybridized carbons (Fsp3) is 0.714. The molecule has 0 amide bonds. The molecule has 6 heteroatoms. The average molecular weight is 341 g/mol. The van der Waals surface area contributed by atoms with Crippen LogP contribution in [0.25, 0.3) is 0 Å². The molecule has 3 rings (SSSR count). The number of halogens is 1. The molecule has 0 spiro atoms. The lowest BCUT2D eigenvalue weighted by atomic mass is 10.2. The van der Waals surface area contributed by atoms with Crippen molar-refractivity contribution in [1.29, 1.82) is 0 Å². The van der Waals surface area contributed by atoms with Gasteiger partial charge in [-0.3, -0.25) is 4.79 Å². The lowest BCUT2D eigenvalue weighted by Crippen LogP contribution is -2.38. The maximum atomic E-state index is 12.4. The van der Waals surface area contributed by atoms with Crippen LogP contribution in [0.5, 0.6) is 0 Å². The van der Waals surface area contributed by atoms with E-state index in [0.717, 1.165) is 25.3 Å². The van der Waals surface area contributed by atoms with E-state index < -0.39 is 0 Å². The van der Waals surface area contributed by atoms with Crippen molar-refractivity contribution in [3.8, 4) is 0 Å². The second-order valence-corrected chi connectivity index (χ2v) is 6.61. The summed E-state index contributed by atoms with van der Waals surface area (Å²) in [5.74, 6) is 0.654. The minimum Gasteiger partial charge on any atom is -0.365 e. The van der Waals surface area contributed by atoms with Gasteiger partial charge < -0.3 is 10.2 Å². The van der Waals surface area contributed by atoms with Gasteiger partial charge in [0.1, 0.15) is 4.47 Å². The molecule has 1 aromatic rings. The monoisotopic (exact) mass is 340 g/mol. The quantitative estimate of drug-likeness (QED) is 0.884. The summed E-state index contributed by atoms with van der Waals surface area (Å²) in [6.07, 6.45) is 6.64. The Labute approximate surface area is 127 Å². The van der Waals surface area contributed by atoms with E-state index in [1.165, 1.54) is 25.7 Å². The summed E-state index contributed by atoms with van der Waals surface area (Å²) >= 11 is 3.49. The van der Waals surface area contributed by atoms with Crippen LogP contribution in [0.15, 0.2) is 15.5 Å². The normalized spacial score (nSPS) is 22.5. The Morgan fingerprint density at radius 2 is 2.25 bits per heavy atom. The van der Waals surface area contributed by atoms with Gasteiger partial charge in [-0.25, -0.2) is 4.68 Å². The second kappa shape index (κ2) is 5.85. The largest absolute Gasteiger partial charge is 0.365 e. The molecular weight excluding hydrogens is 320 g/mol. The van der Waals surface area contributed by atoms with Crippen molar-refractivity contribution in [2.45, 2.75) is 38.3 Å². The third kappa shape index (κ3) is 2.76. The molecule has 2 heterocycles. The van der Waals surface area contributed by atoms with E-state index in [4.69, 9.17) is 0 Å². The molecule has 1 aliphatic heterocycles. The molecule has 2 aliphatic rings. The first-order chi connectivity index (χ1) is 9.70. The Hall–Kier alpha value is -0.880. The van der Waals surface area contributed by atoms with Crippen LogP contribution in [0.1, 0.15) is 25.7 Å². The van der Waals surface area contributed by atoms with Crippen LogP contribution in [-0.2, 0) is 6.54 Å².